The van der Waals surface area contributed by atoms with Gasteiger partial charge in [-0.3, -0.25) is 0 Å². The number of anilines is 1. The monoisotopic (exact) mass is 335 g/mol. The molecule has 0 bridgehead atoms. The van der Waals surface area contributed by atoms with Crippen LogP contribution in [0.25, 0.3) is 0 Å². The smallest absolute Gasteiger partial charge is 0.139 e. The molecule has 20 heavy (non-hydrogen) atoms. The maximum absolute atomic E-state index is 13.6. The highest BCUT2D eigenvalue weighted by atomic mass is 79.9. The van der Waals surface area contributed by atoms with E-state index >= 15 is 0 Å². The number of halogens is 2. The number of fused-ring (bicyclic) bond motifs is 1. The first-order chi connectivity index (χ1) is 9.67. The highest BCUT2D eigenvalue weighted by molar-refractivity contribution is 9.10. The lowest BCUT2D eigenvalue weighted by atomic mass is 9.93. The first-order valence-electron chi connectivity index (χ1n) is 6.56. The fourth-order valence-electron chi connectivity index (χ4n) is 2.58. The van der Waals surface area contributed by atoms with Crippen molar-refractivity contribution in [3.8, 4) is 5.75 Å². The summed E-state index contributed by atoms with van der Waals surface area (Å²) in [7, 11) is 1.66. The van der Waals surface area contributed by atoms with E-state index < -0.39 is 0 Å². The molecular formula is C16H15BrFNO. The number of nitrogens with one attached hydrogen (secondary N) is 1. The van der Waals surface area contributed by atoms with E-state index in [9.17, 15) is 4.39 Å². The molecule has 1 aliphatic rings. The predicted octanol–water partition coefficient (Wildman–Crippen LogP) is 4.70. The molecule has 0 aliphatic carbocycles. The molecule has 0 aromatic heterocycles. The van der Waals surface area contributed by atoms with E-state index in [4.69, 9.17) is 4.74 Å². The van der Waals surface area contributed by atoms with E-state index in [-0.39, 0.29) is 11.9 Å². The van der Waals surface area contributed by atoms with Crippen molar-refractivity contribution in [2.75, 3.05) is 12.4 Å². The third-order valence-corrected chi connectivity index (χ3v) is 4.30. The van der Waals surface area contributed by atoms with Gasteiger partial charge in [0.1, 0.15) is 11.6 Å². The Labute approximate surface area is 126 Å². The maximum Gasteiger partial charge on any atom is 0.139 e. The fraction of sp³-hybridized carbons (Fsp3) is 0.250. The minimum atomic E-state index is -0.230. The van der Waals surface area contributed by atoms with Crippen molar-refractivity contribution in [1.82, 2.24) is 0 Å². The molecule has 0 radical (unpaired) electrons. The molecule has 0 amide bonds. The average Bonchev–Trinajstić information content (AvgIpc) is 2.48. The molecule has 1 N–H and O–H groups in total. The van der Waals surface area contributed by atoms with Gasteiger partial charge in [0.25, 0.3) is 0 Å². The molecule has 0 saturated carbocycles. The van der Waals surface area contributed by atoms with Gasteiger partial charge in [-0.1, -0.05) is 12.1 Å². The van der Waals surface area contributed by atoms with Crippen LogP contribution < -0.4 is 10.1 Å². The van der Waals surface area contributed by atoms with Gasteiger partial charge in [0.05, 0.1) is 17.6 Å². The van der Waals surface area contributed by atoms with Crippen LogP contribution >= 0.6 is 15.9 Å². The van der Waals surface area contributed by atoms with Crippen LogP contribution in [-0.2, 0) is 6.42 Å². The zero-order chi connectivity index (χ0) is 14.1. The summed E-state index contributed by atoms with van der Waals surface area (Å²) in [6, 6.07) is 11.7. The van der Waals surface area contributed by atoms with Crippen molar-refractivity contribution in [2.24, 2.45) is 0 Å². The summed E-state index contributed by atoms with van der Waals surface area (Å²) < 4.78 is 19.3. The lowest BCUT2D eigenvalue weighted by molar-refractivity contribution is 0.414. The number of hydrogen-bond donors (Lipinski definition) is 1. The summed E-state index contributed by atoms with van der Waals surface area (Å²) >= 11 is 3.23. The molecule has 0 saturated heterocycles. The largest absolute Gasteiger partial charge is 0.497 e. The van der Waals surface area contributed by atoms with Crippen LogP contribution in [0.1, 0.15) is 23.6 Å². The first kappa shape index (κ1) is 13.4. The van der Waals surface area contributed by atoms with E-state index in [0.717, 1.165) is 29.8 Å². The quantitative estimate of drug-likeness (QED) is 0.859. The van der Waals surface area contributed by atoms with E-state index in [1.807, 2.05) is 18.2 Å². The Morgan fingerprint density at radius 1 is 1.25 bits per heavy atom. The summed E-state index contributed by atoms with van der Waals surface area (Å²) in [4.78, 5) is 0. The van der Waals surface area contributed by atoms with E-state index in [0.29, 0.717) is 4.47 Å². The summed E-state index contributed by atoms with van der Waals surface area (Å²) in [6.45, 7) is 0. The van der Waals surface area contributed by atoms with Gasteiger partial charge in [0.15, 0.2) is 0 Å². The Bertz CT molecular complexity index is 627. The van der Waals surface area contributed by atoms with E-state index in [2.05, 4.69) is 33.4 Å². The normalized spacial score (nSPS) is 17.2. The zero-order valence-corrected chi connectivity index (χ0v) is 12.7. The minimum absolute atomic E-state index is 0.217. The molecule has 2 aromatic carbocycles. The van der Waals surface area contributed by atoms with Crippen LogP contribution in [0.2, 0.25) is 0 Å². The number of aryl methyl sites for hydroxylation is 1. The Kier molecular flexibility index (Phi) is 3.66. The van der Waals surface area contributed by atoms with Gasteiger partial charge in [0, 0.05) is 5.69 Å². The molecular weight excluding hydrogens is 321 g/mol. The molecule has 3 rings (SSSR count). The zero-order valence-electron chi connectivity index (χ0n) is 11.1. The highest BCUT2D eigenvalue weighted by Gasteiger charge is 2.20. The molecule has 2 nitrogen and oxygen atoms in total. The number of methoxy groups -OCH3 is 1. The Balaban J connectivity index is 1.85. The van der Waals surface area contributed by atoms with Crippen LogP contribution in [-0.4, -0.2) is 7.11 Å². The van der Waals surface area contributed by atoms with Gasteiger partial charge >= 0.3 is 0 Å². The molecule has 2 aromatic rings. The molecule has 1 heterocycles. The highest BCUT2D eigenvalue weighted by Crippen LogP contribution is 2.35. The number of benzene rings is 2. The molecule has 104 valence electrons. The predicted molar refractivity (Wildman–Crippen MR) is 81.8 cm³/mol. The SMILES string of the molecule is COc1ccc(C2CCc3cc(Br)c(F)cc3N2)cc1. The van der Waals surface area contributed by atoms with Gasteiger partial charge in [-0.15, -0.1) is 0 Å². The Morgan fingerprint density at radius 3 is 2.70 bits per heavy atom. The molecule has 1 unspecified atom stereocenters. The topological polar surface area (TPSA) is 21.3 Å². The second-order valence-corrected chi connectivity index (χ2v) is 5.79. The van der Waals surface area contributed by atoms with Crippen molar-refractivity contribution in [3.05, 3.63) is 57.8 Å². The second-order valence-electron chi connectivity index (χ2n) is 4.93. The molecule has 1 aliphatic heterocycles. The lowest BCUT2D eigenvalue weighted by Crippen LogP contribution is -2.18. The van der Waals surface area contributed by atoms with Crippen molar-refractivity contribution in [1.29, 1.82) is 0 Å². The third-order valence-electron chi connectivity index (χ3n) is 3.70. The van der Waals surface area contributed by atoms with Crippen molar-refractivity contribution in [3.63, 3.8) is 0 Å². The number of rotatable bonds is 2. The first-order valence-corrected chi connectivity index (χ1v) is 7.35. The number of hydrogen-bond acceptors (Lipinski definition) is 2. The van der Waals surface area contributed by atoms with Crippen LogP contribution in [0.5, 0.6) is 5.75 Å². The van der Waals surface area contributed by atoms with Gasteiger partial charge in [-0.25, -0.2) is 4.39 Å². The summed E-state index contributed by atoms with van der Waals surface area (Å²) in [5.74, 6) is 0.617. The standard InChI is InChI=1S/C16H15BrFNO/c1-20-12-5-2-10(3-6-12)15-7-4-11-8-13(17)14(18)9-16(11)19-15/h2-3,5-6,8-9,15,19H,4,7H2,1H3. The lowest BCUT2D eigenvalue weighted by Gasteiger charge is -2.28. The van der Waals surface area contributed by atoms with E-state index in [1.165, 1.54) is 5.56 Å². The second kappa shape index (κ2) is 5.44. The minimum Gasteiger partial charge on any atom is -0.497 e. The van der Waals surface area contributed by atoms with Crippen molar-refractivity contribution >= 4 is 21.6 Å². The summed E-state index contributed by atoms with van der Waals surface area (Å²) in [5, 5.41) is 3.42. The van der Waals surface area contributed by atoms with Crippen LogP contribution in [0.15, 0.2) is 40.9 Å². The van der Waals surface area contributed by atoms with Gasteiger partial charge in [0.2, 0.25) is 0 Å². The van der Waals surface area contributed by atoms with E-state index in [1.54, 1.807) is 13.2 Å². The van der Waals surface area contributed by atoms with Gasteiger partial charge < -0.3 is 10.1 Å². The molecule has 1 atom stereocenters. The van der Waals surface area contributed by atoms with Gasteiger partial charge in [-0.2, -0.15) is 0 Å². The van der Waals surface area contributed by atoms with Gasteiger partial charge in [-0.05, 0) is 64.2 Å². The maximum atomic E-state index is 13.6. The molecule has 0 fully saturated rings. The van der Waals surface area contributed by atoms with Crippen LogP contribution in [0, 0.1) is 5.82 Å². The summed E-state index contributed by atoms with van der Waals surface area (Å²) in [6.07, 6.45) is 1.94. The Hall–Kier alpha value is -1.55. The van der Waals surface area contributed by atoms with Crippen LogP contribution in [0.3, 0.4) is 0 Å². The molecule has 4 heteroatoms. The summed E-state index contributed by atoms with van der Waals surface area (Å²) in [5.41, 5.74) is 3.24. The third kappa shape index (κ3) is 2.52. The average molecular weight is 336 g/mol. The van der Waals surface area contributed by atoms with Crippen LogP contribution in [0.4, 0.5) is 10.1 Å². The fourth-order valence-corrected chi connectivity index (χ4v) is 2.97. The number of ether oxygens (including phenoxy) is 1. The molecule has 0 spiro atoms. The Morgan fingerprint density at radius 2 is 2.00 bits per heavy atom. The van der Waals surface area contributed by atoms with Crippen molar-refractivity contribution in [2.45, 2.75) is 18.9 Å². The van der Waals surface area contributed by atoms with Crippen molar-refractivity contribution < 1.29 is 9.13 Å².